The first-order chi connectivity index (χ1) is 14.6. The van der Waals surface area contributed by atoms with Crippen LogP contribution in [-0.4, -0.2) is 33.0 Å². The van der Waals surface area contributed by atoms with Gasteiger partial charge in [-0.05, 0) is 25.0 Å². The van der Waals surface area contributed by atoms with Gasteiger partial charge in [-0.1, -0.05) is 48.2 Å². The number of anilines is 3. The van der Waals surface area contributed by atoms with Crippen LogP contribution in [0.5, 0.6) is 0 Å². The first kappa shape index (κ1) is 21.0. The van der Waals surface area contributed by atoms with E-state index in [1.807, 2.05) is 42.6 Å². The first-order valence-electron chi connectivity index (χ1n) is 9.65. The molecule has 3 aromatic rings. The number of carbonyl (C=O) groups excluding carboxylic acids is 2. The van der Waals surface area contributed by atoms with E-state index in [1.54, 1.807) is 21.6 Å². The third-order valence-corrected chi connectivity index (χ3v) is 7.45. The van der Waals surface area contributed by atoms with Crippen LogP contribution in [0.15, 0.2) is 40.1 Å². The lowest BCUT2D eigenvalue weighted by Crippen LogP contribution is -2.32. The molecule has 0 aliphatic heterocycles. The minimum atomic E-state index is -0.0794. The van der Waals surface area contributed by atoms with Gasteiger partial charge in [-0.15, -0.1) is 21.5 Å². The second-order valence-corrected chi connectivity index (χ2v) is 9.81. The molecule has 0 bridgehead atoms. The molecule has 1 aromatic carbocycles. The molecule has 0 spiro atoms. The van der Waals surface area contributed by atoms with E-state index in [0.29, 0.717) is 22.4 Å². The van der Waals surface area contributed by atoms with Crippen molar-refractivity contribution in [2.24, 2.45) is 0 Å². The van der Waals surface area contributed by atoms with Crippen LogP contribution >= 0.6 is 34.4 Å². The molecular weight excluding hydrogens is 438 g/mol. The lowest BCUT2D eigenvalue weighted by atomic mass is 10.3. The molecule has 2 heterocycles. The number of thiazole rings is 1. The van der Waals surface area contributed by atoms with Gasteiger partial charge in [0, 0.05) is 30.5 Å². The number of rotatable bonds is 8. The van der Waals surface area contributed by atoms with Gasteiger partial charge in [0.05, 0.1) is 11.4 Å². The Balaban J connectivity index is 1.43. The normalized spacial score (nSPS) is 13.3. The van der Waals surface area contributed by atoms with Crippen molar-refractivity contribution in [2.45, 2.75) is 49.2 Å². The van der Waals surface area contributed by atoms with Crippen molar-refractivity contribution in [3.8, 4) is 0 Å². The van der Waals surface area contributed by atoms with Gasteiger partial charge in [0.2, 0.25) is 16.9 Å². The monoisotopic (exact) mass is 459 g/mol. The number of amides is 2. The number of hydrogen-bond donors (Lipinski definition) is 0. The summed E-state index contributed by atoms with van der Waals surface area (Å²) in [6.07, 6.45) is 2.53. The van der Waals surface area contributed by atoms with Gasteiger partial charge < -0.3 is 0 Å². The van der Waals surface area contributed by atoms with Crippen LogP contribution in [-0.2, 0) is 15.3 Å². The molecule has 0 radical (unpaired) electrons. The van der Waals surface area contributed by atoms with Gasteiger partial charge in [0.25, 0.3) is 0 Å². The Kier molecular flexibility index (Phi) is 6.45. The second-order valence-electron chi connectivity index (χ2n) is 6.80. The Hall–Kier alpha value is -2.30. The van der Waals surface area contributed by atoms with Gasteiger partial charge in [-0.3, -0.25) is 19.4 Å². The first-order valence-corrected chi connectivity index (χ1v) is 12.3. The van der Waals surface area contributed by atoms with Crippen molar-refractivity contribution in [2.75, 3.05) is 9.80 Å². The van der Waals surface area contributed by atoms with E-state index in [-0.39, 0.29) is 17.9 Å². The summed E-state index contributed by atoms with van der Waals surface area (Å²) in [6, 6.07) is 9.78. The minimum Gasteiger partial charge on any atom is -0.284 e. The average Bonchev–Trinajstić information content (AvgIpc) is 3.28. The van der Waals surface area contributed by atoms with Crippen LogP contribution in [0.25, 0.3) is 0 Å². The minimum absolute atomic E-state index is 0.0794. The summed E-state index contributed by atoms with van der Waals surface area (Å²) in [7, 11) is 0. The number of carbonyl (C=O) groups is 2. The molecule has 1 saturated carbocycles. The zero-order valence-electron chi connectivity index (χ0n) is 16.6. The van der Waals surface area contributed by atoms with Crippen LogP contribution < -0.4 is 9.80 Å². The molecule has 2 amide bonds. The predicted octanol–water partition coefficient (Wildman–Crippen LogP) is 4.88. The van der Waals surface area contributed by atoms with Crippen molar-refractivity contribution in [3.63, 3.8) is 0 Å². The molecule has 10 heteroatoms. The van der Waals surface area contributed by atoms with Gasteiger partial charge in [0.1, 0.15) is 0 Å². The molecule has 0 saturated heterocycles. The molecule has 30 heavy (non-hydrogen) atoms. The number of thioether (sulfide) groups is 1. The van der Waals surface area contributed by atoms with E-state index >= 15 is 0 Å². The molecular formula is C20H21N5O2S3. The number of para-hydroxylation sites is 1. The highest BCUT2D eigenvalue weighted by Crippen LogP contribution is 2.37. The smallest absolute Gasteiger partial charge is 0.230 e. The largest absolute Gasteiger partial charge is 0.284 e. The van der Waals surface area contributed by atoms with E-state index < -0.39 is 0 Å². The van der Waals surface area contributed by atoms with E-state index in [4.69, 9.17) is 0 Å². The quantitative estimate of drug-likeness (QED) is 0.353. The molecule has 0 N–H and O–H groups in total. The molecule has 2 aromatic heterocycles. The summed E-state index contributed by atoms with van der Waals surface area (Å²) in [6.45, 7) is 3.41. The Labute approximate surface area is 187 Å². The molecule has 1 aliphatic carbocycles. The van der Waals surface area contributed by atoms with Gasteiger partial charge in [-0.25, -0.2) is 4.98 Å². The average molecular weight is 460 g/mol. The molecule has 4 rings (SSSR count). The van der Waals surface area contributed by atoms with E-state index in [0.717, 1.165) is 28.6 Å². The van der Waals surface area contributed by atoms with Crippen molar-refractivity contribution in [1.82, 2.24) is 15.2 Å². The summed E-state index contributed by atoms with van der Waals surface area (Å²) in [5.41, 5.74) is 1.68. The fourth-order valence-electron chi connectivity index (χ4n) is 2.93. The van der Waals surface area contributed by atoms with E-state index in [2.05, 4.69) is 15.2 Å². The Bertz CT molecular complexity index is 1030. The number of hydrogen-bond acceptors (Lipinski definition) is 8. The summed E-state index contributed by atoms with van der Waals surface area (Å²) >= 11 is 4.42. The fraction of sp³-hybridized carbons (Fsp3) is 0.350. The van der Waals surface area contributed by atoms with Gasteiger partial charge in [0.15, 0.2) is 9.47 Å². The predicted molar refractivity (Wildman–Crippen MR) is 122 cm³/mol. The van der Waals surface area contributed by atoms with Crippen LogP contribution in [0.2, 0.25) is 0 Å². The number of nitrogens with zero attached hydrogens (tertiary/aromatic N) is 5. The summed E-state index contributed by atoms with van der Waals surface area (Å²) in [5, 5.41) is 11.8. The van der Waals surface area contributed by atoms with E-state index in [1.165, 1.54) is 29.6 Å². The van der Waals surface area contributed by atoms with Gasteiger partial charge >= 0.3 is 0 Å². The maximum absolute atomic E-state index is 12.2. The van der Waals surface area contributed by atoms with E-state index in [9.17, 15) is 9.59 Å². The molecule has 7 nitrogen and oxygen atoms in total. The van der Waals surface area contributed by atoms with Crippen LogP contribution in [0, 0.1) is 0 Å². The third-order valence-electron chi connectivity index (χ3n) is 4.49. The highest BCUT2D eigenvalue weighted by molar-refractivity contribution is 8.00. The van der Waals surface area contributed by atoms with Crippen molar-refractivity contribution in [1.29, 1.82) is 0 Å². The Morgan fingerprint density at radius 2 is 1.93 bits per heavy atom. The highest BCUT2D eigenvalue weighted by Gasteiger charge is 2.35. The summed E-state index contributed by atoms with van der Waals surface area (Å²) < 4.78 is 0.806. The van der Waals surface area contributed by atoms with Crippen LogP contribution in [0.3, 0.4) is 0 Å². The molecule has 0 atom stereocenters. The Morgan fingerprint density at radius 3 is 2.60 bits per heavy atom. The number of benzene rings is 1. The van der Waals surface area contributed by atoms with Crippen molar-refractivity contribution in [3.05, 3.63) is 41.4 Å². The lowest BCUT2D eigenvalue weighted by molar-refractivity contribution is -0.118. The molecule has 1 aliphatic rings. The zero-order valence-corrected chi connectivity index (χ0v) is 19.1. The standard InChI is InChI=1S/C20H21N5O2S3/c1-3-17(27)25(16-9-10-16)19-22-23-20(30-19)29-12-14-11-28-18(21-14)24(13(2)26)15-7-5-4-6-8-15/h4-8,11,16H,3,9-10,12H2,1-2H3. The molecule has 1 fully saturated rings. The summed E-state index contributed by atoms with van der Waals surface area (Å²) in [4.78, 5) is 32.5. The maximum atomic E-state index is 12.2. The molecule has 156 valence electrons. The highest BCUT2D eigenvalue weighted by atomic mass is 32.2. The fourth-order valence-corrected chi connectivity index (χ4v) is 5.75. The Morgan fingerprint density at radius 1 is 1.17 bits per heavy atom. The lowest BCUT2D eigenvalue weighted by Gasteiger charge is -2.17. The topological polar surface area (TPSA) is 79.3 Å². The van der Waals surface area contributed by atoms with Gasteiger partial charge in [-0.2, -0.15) is 0 Å². The van der Waals surface area contributed by atoms with Crippen LogP contribution in [0.4, 0.5) is 16.0 Å². The SMILES string of the molecule is CCC(=O)N(c1nnc(SCc2csc(N(C(C)=O)c3ccccc3)n2)s1)C1CC1. The van der Waals surface area contributed by atoms with Crippen molar-refractivity contribution < 1.29 is 9.59 Å². The second kappa shape index (κ2) is 9.23. The van der Waals surface area contributed by atoms with Crippen LogP contribution in [0.1, 0.15) is 38.8 Å². The number of aromatic nitrogens is 3. The maximum Gasteiger partial charge on any atom is 0.230 e. The zero-order chi connectivity index (χ0) is 21.1. The van der Waals surface area contributed by atoms with Crippen molar-refractivity contribution >= 4 is 62.2 Å². The third kappa shape index (κ3) is 4.71. The summed E-state index contributed by atoms with van der Waals surface area (Å²) in [5.74, 6) is 0.639. The molecule has 0 unspecified atom stereocenters.